The summed E-state index contributed by atoms with van der Waals surface area (Å²) < 4.78 is 37.7. The van der Waals surface area contributed by atoms with Crippen molar-refractivity contribution in [1.29, 1.82) is 0 Å². The third-order valence-corrected chi connectivity index (χ3v) is 1.77. The number of halogens is 3. The van der Waals surface area contributed by atoms with E-state index in [1.165, 1.54) is 7.05 Å². The first-order valence-electron chi connectivity index (χ1n) is 4.15. The van der Waals surface area contributed by atoms with Crippen LogP contribution in [0.4, 0.5) is 13.2 Å². The molecule has 0 fully saturated rings. The largest absolute Gasteiger partial charge is 0.500 e. The maximum absolute atomic E-state index is 12.6. The van der Waals surface area contributed by atoms with Gasteiger partial charge in [-0.1, -0.05) is 20.8 Å². The summed E-state index contributed by atoms with van der Waals surface area (Å²) in [5, 5.41) is 1.17. The molecule has 0 amide bonds. The van der Waals surface area contributed by atoms with E-state index in [1.807, 2.05) is 0 Å². The summed E-state index contributed by atoms with van der Waals surface area (Å²) in [5.74, 6) is 0.00694. The maximum Gasteiger partial charge on any atom is 0.500 e. The number of alkyl halides is 3. The van der Waals surface area contributed by atoms with Gasteiger partial charge in [0.05, 0.1) is 0 Å². The quantitative estimate of drug-likeness (QED) is 0.568. The van der Waals surface area contributed by atoms with Crippen LogP contribution in [0.25, 0.3) is 0 Å². The van der Waals surface area contributed by atoms with E-state index in [1.54, 1.807) is 20.8 Å². The summed E-state index contributed by atoms with van der Waals surface area (Å²) in [4.78, 5) is 3.76. The fourth-order valence-electron chi connectivity index (χ4n) is 1.20. The van der Waals surface area contributed by atoms with E-state index in [0.29, 0.717) is 0 Å². The van der Waals surface area contributed by atoms with Gasteiger partial charge in [0.25, 0.3) is 0 Å². The molecule has 1 aliphatic heterocycles. The van der Waals surface area contributed by atoms with Gasteiger partial charge in [0.15, 0.2) is 6.67 Å². The van der Waals surface area contributed by atoms with Gasteiger partial charge in [-0.25, -0.2) is 4.99 Å². The van der Waals surface area contributed by atoms with Gasteiger partial charge in [0.1, 0.15) is 5.84 Å². The van der Waals surface area contributed by atoms with Crippen LogP contribution in [0.15, 0.2) is 4.99 Å². The smallest absolute Gasteiger partial charge is 0.246 e. The van der Waals surface area contributed by atoms with Crippen LogP contribution in [0.5, 0.6) is 0 Å². The summed E-state index contributed by atoms with van der Waals surface area (Å²) in [7, 11) is 1.32. The number of amidine groups is 1. The van der Waals surface area contributed by atoms with Crippen molar-refractivity contribution in [3.63, 3.8) is 0 Å². The topological polar surface area (TPSA) is 18.8 Å². The Morgan fingerprint density at radius 3 is 2.00 bits per heavy atom. The molecular weight excluding hydrogens is 195 g/mol. The van der Waals surface area contributed by atoms with Gasteiger partial charge in [0, 0.05) is 12.5 Å². The van der Waals surface area contributed by atoms with Crippen molar-refractivity contribution in [1.82, 2.24) is 10.0 Å². The predicted octanol–water partition coefficient (Wildman–Crippen LogP) is 2.23. The number of hydrazine groups is 1. The van der Waals surface area contributed by atoms with Gasteiger partial charge in [0.2, 0.25) is 0 Å². The maximum atomic E-state index is 12.6. The first-order valence-corrected chi connectivity index (χ1v) is 4.15. The van der Waals surface area contributed by atoms with Crippen molar-refractivity contribution in [3.8, 4) is 0 Å². The average Bonchev–Trinajstić information content (AvgIpc) is 2.27. The van der Waals surface area contributed by atoms with Crippen molar-refractivity contribution in [2.24, 2.45) is 10.4 Å². The second kappa shape index (κ2) is 3.12. The molecule has 14 heavy (non-hydrogen) atoms. The molecular formula is C8H13F3N3. The van der Waals surface area contributed by atoms with Crippen molar-refractivity contribution in [2.75, 3.05) is 7.05 Å². The van der Waals surface area contributed by atoms with Crippen LogP contribution < -0.4 is 0 Å². The zero-order valence-corrected chi connectivity index (χ0v) is 8.55. The summed E-state index contributed by atoms with van der Waals surface area (Å²) in [6, 6.07) is 0. The average molecular weight is 208 g/mol. The zero-order chi connectivity index (χ0) is 11.1. The van der Waals surface area contributed by atoms with E-state index in [2.05, 4.69) is 4.99 Å². The zero-order valence-electron chi connectivity index (χ0n) is 8.55. The summed E-state index contributed by atoms with van der Waals surface area (Å²) >= 11 is 0. The Morgan fingerprint density at radius 2 is 1.71 bits per heavy atom. The monoisotopic (exact) mass is 208 g/mol. The molecule has 0 atom stereocenters. The summed E-state index contributed by atoms with van der Waals surface area (Å²) in [6.07, 6.45) is -4.42. The molecule has 0 spiro atoms. The molecule has 1 radical (unpaired) electrons. The molecule has 0 unspecified atom stereocenters. The standard InChI is InChI=1S/C8H13F3N3/c1-7(2,3)6-12-5-13(4)14(6)8(9,10)11/h5H,1-4H3. The fraction of sp³-hybridized carbons (Fsp3) is 0.750. The lowest BCUT2D eigenvalue weighted by Crippen LogP contribution is -2.51. The molecule has 1 heterocycles. The van der Waals surface area contributed by atoms with E-state index in [-0.39, 0.29) is 10.8 Å². The number of rotatable bonds is 0. The Bertz CT molecular complexity index is 252. The predicted molar refractivity (Wildman–Crippen MR) is 46.8 cm³/mol. The van der Waals surface area contributed by atoms with Crippen LogP contribution in [-0.4, -0.2) is 29.2 Å². The normalized spacial score (nSPS) is 20.2. The second-order valence-electron chi connectivity index (χ2n) is 4.17. The molecule has 0 N–H and O–H groups in total. The molecule has 1 aliphatic rings. The highest BCUT2D eigenvalue weighted by atomic mass is 19.4. The van der Waals surface area contributed by atoms with E-state index in [4.69, 9.17) is 0 Å². The number of nitrogens with zero attached hydrogens (tertiary/aromatic N) is 3. The molecule has 1 rings (SSSR count). The van der Waals surface area contributed by atoms with Crippen LogP contribution in [0.1, 0.15) is 20.8 Å². The molecule has 3 nitrogen and oxygen atoms in total. The molecule has 0 saturated carbocycles. The molecule has 81 valence electrons. The van der Waals surface area contributed by atoms with Crippen LogP contribution in [0, 0.1) is 12.1 Å². The molecule has 6 heteroatoms. The highest BCUT2D eigenvalue weighted by Gasteiger charge is 2.48. The summed E-state index contributed by atoms with van der Waals surface area (Å²) in [5.41, 5.74) is -0.628. The van der Waals surface area contributed by atoms with Crippen LogP contribution >= 0.6 is 0 Å². The van der Waals surface area contributed by atoms with Gasteiger partial charge < -0.3 is 0 Å². The minimum Gasteiger partial charge on any atom is -0.246 e. The molecule has 0 bridgehead atoms. The lowest BCUT2D eigenvalue weighted by molar-refractivity contribution is -0.266. The Morgan fingerprint density at radius 1 is 1.21 bits per heavy atom. The highest BCUT2D eigenvalue weighted by molar-refractivity contribution is 5.88. The van der Waals surface area contributed by atoms with Crippen LogP contribution in [0.3, 0.4) is 0 Å². The fourth-order valence-corrected chi connectivity index (χ4v) is 1.20. The second-order valence-corrected chi connectivity index (χ2v) is 4.17. The molecule has 0 aliphatic carbocycles. The Hall–Kier alpha value is -0.780. The van der Waals surface area contributed by atoms with Gasteiger partial charge >= 0.3 is 6.30 Å². The van der Waals surface area contributed by atoms with Crippen molar-refractivity contribution in [2.45, 2.75) is 27.1 Å². The van der Waals surface area contributed by atoms with Gasteiger partial charge in [-0.05, 0) is 0 Å². The van der Waals surface area contributed by atoms with Gasteiger partial charge in [-0.15, -0.1) is 13.2 Å². The molecule has 0 saturated heterocycles. The van der Waals surface area contributed by atoms with E-state index in [0.717, 1.165) is 11.7 Å². The molecule has 0 aromatic rings. The number of hydrogen-bond acceptors (Lipinski definition) is 3. The summed E-state index contributed by atoms with van der Waals surface area (Å²) in [6.45, 7) is 6.24. The van der Waals surface area contributed by atoms with Crippen LogP contribution in [-0.2, 0) is 0 Å². The first kappa shape index (κ1) is 11.3. The minimum absolute atomic E-state index is 0.00694. The van der Waals surface area contributed by atoms with Crippen molar-refractivity contribution in [3.05, 3.63) is 6.67 Å². The highest BCUT2D eigenvalue weighted by Crippen LogP contribution is 2.33. The van der Waals surface area contributed by atoms with E-state index >= 15 is 0 Å². The van der Waals surface area contributed by atoms with Gasteiger partial charge in [-0.3, -0.25) is 0 Å². The van der Waals surface area contributed by atoms with E-state index in [9.17, 15) is 13.2 Å². The van der Waals surface area contributed by atoms with Gasteiger partial charge in [-0.2, -0.15) is 10.0 Å². The van der Waals surface area contributed by atoms with Crippen LogP contribution in [0.2, 0.25) is 0 Å². The number of hydrogen-bond donors (Lipinski definition) is 0. The minimum atomic E-state index is -4.42. The molecule has 0 aromatic carbocycles. The SMILES string of the molecule is CN1[CH]N=C(C(C)(C)C)N1C(F)(F)F. The Labute approximate surface area is 81.2 Å². The van der Waals surface area contributed by atoms with Crippen molar-refractivity contribution < 1.29 is 13.2 Å². The van der Waals surface area contributed by atoms with E-state index < -0.39 is 11.7 Å². The lowest BCUT2D eigenvalue weighted by Gasteiger charge is -2.33. The van der Waals surface area contributed by atoms with Crippen molar-refractivity contribution >= 4 is 5.84 Å². The third-order valence-electron chi connectivity index (χ3n) is 1.77. The number of aliphatic imine (C=N–C) groups is 1. The Kier molecular flexibility index (Phi) is 2.51. The molecule has 0 aromatic heterocycles. The third kappa shape index (κ3) is 2.00. The first-order chi connectivity index (χ1) is 6.14. The lowest BCUT2D eigenvalue weighted by atomic mass is 9.95. The Balaban J connectivity index is 2.98.